The van der Waals surface area contributed by atoms with Crippen molar-refractivity contribution in [2.75, 3.05) is 7.11 Å². The first-order chi connectivity index (χ1) is 14.0. The van der Waals surface area contributed by atoms with Crippen molar-refractivity contribution in [3.63, 3.8) is 0 Å². The van der Waals surface area contributed by atoms with E-state index in [9.17, 15) is 10.1 Å². The van der Waals surface area contributed by atoms with Crippen LogP contribution in [-0.2, 0) is 4.79 Å². The predicted octanol–water partition coefficient (Wildman–Crippen LogP) is 4.87. The van der Waals surface area contributed by atoms with Gasteiger partial charge in [-0.1, -0.05) is 30.3 Å². The van der Waals surface area contributed by atoms with Gasteiger partial charge in [-0.05, 0) is 64.2 Å². The number of carboxylic acid groups (broad SMARTS) is 1. The third-order valence-electron chi connectivity index (χ3n) is 4.42. The number of ether oxygens (including phenoxy) is 1. The van der Waals surface area contributed by atoms with E-state index in [4.69, 9.17) is 15.1 Å². The molecule has 0 heterocycles. The number of carbonyl (C=O) groups is 1. The van der Waals surface area contributed by atoms with E-state index in [1.807, 2.05) is 24.3 Å². The van der Waals surface area contributed by atoms with E-state index in [0.717, 1.165) is 28.3 Å². The molecule has 29 heavy (non-hydrogen) atoms. The van der Waals surface area contributed by atoms with Gasteiger partial charge in [-0.25, -0.2) is 4.79 Å². The Morgan fingerprint density at radius 2 is 1.72 bits per heavy atom. The number of nitriles is 2. The topological polar surface area (TPSA) is 94.1 Å². The number of nitrogens with zero attached hydrogens (tertiary/aromatic N) is 2. The summed E-state index contributed by atoms with van der Waals surface area (Å²) in [5.74, 6) is -0.451. The highest BCUT2D eigenvalue weighted by atomic mass is 16.5. The Morgan fingerprint density at radius 1 is 0.966 bits per heavy atom. The first-order valence-corrected chi connectivity index (χ1v) is 8.70. The average Bonchev–Trinajstić information content (AvgIpc) is 2.77. The second-order valence-corrected chi connectivity index (χ2v) is 6.19. The fourth-order valence-corrected chi connectivity index (χ4v) is 3.04. The van der Waals surface area contributed by atoms with E-state index < -0.39 is 5.97 Å². The molecule has 0 fully saturated rings. The maximum Gasteiger partial charge on any atom is 0.328 e. The van der Waals surface area contributed by atoms with Gasteiger partial charge in [0.1, 0.15) is 5.75 Å². The van der Waals surface area contributed by atoms with Gasteiger partial charge in [-0.2, -0.15) is 10.5 Å². The number of carboxylic acids is 1. The predicted molar refractivity (Wildman–Crippen MR) is 110 cm³/mol. The van der Waals surface area contributed by atoms with Gasteiger partial charge in [0.25, 0.3) is 0 Å². The van der Waals surface area contributed by atoms with Gasteiger partial charge in [0.15, 0.2) is 0 Å². The van der Waals surface area contributed by atoms with Gasteiger partial charge in [-0.3, -0.25) is 0 Å². The van der Waals surface area contributed by atoms with Crippen molar-refractivity contribution >= 4 is 12.0 Å². The number of benzene rings is 3. The molecule has 0 aromatic heterocycles. The molecule has 0 unspecified atom stereocenters. The molecule has 5 nitrogen and oxygen atoms in total. The Kier molecular flexibility index (Phi) is 5.73. The third kappa shape index (κ3) is 4.32. The highest BCUT2D eigenvalue weighted by molar-refractivity contribution is 5.88. The lowest BCUT2D eigenvalue weighted by atomic mass is 9.92. The summed E-state index contributed by atoms with van der Waals surface area (Å²) in [6.07, 6.45) is 2.56. The van der Waals surface area contributed by atoms with Crippen molar-refractivity contribution in [1.82, 2.24) is 0 Å². The lowest BCUT2D eigenvalue weighted by Crippen LogP contribution is -1.92. The first kappa shape index (κ1) is 19.4. The Morgan fingerprint density at radius 3 is 2.41 bits per heavy atom. The van der Waals surface area contributed by atoms with Gasteiger partial charge < -0.3 is 9.84 Å². The molecule has 0 aliphatic heterocycles. The fourth-order valence-electron chi connectivity index (χ4n) is 3.04. The van der Waals surface area contributed by atoms with E-state index in [-0.39, 0.29) is 0 Å². The Balaban J connectivity index is 2.12. The third-order valence-corrected chi connectivity index (χ3v) is 4.42. The fraction of sp³-hybridized carbons (Fsp3) is 0.0417. The van der Waals surface area contributed by atoms with Gasteiger partial charge in [-0.15, -0.1) is 0 Å². The van der Waals surface area contributed by atoms with Crippen molar-refractivity contribution in [2.24, 2.45) is 0 Å². The van der Waals surface area contributed by atoms with Crippen molar-refractivity contribution in [3.05, 3.63) is 83.4 Å². The molecule has 5 heteroatoms. The lowest BCUT2D eigenvalue weighted by molar-refractivity contribution is -0.131. The molecule has 0 radical (unpaired) electrons. The monoisotopic (exact) mass is 380 g/mol. The van der Waals surface area contributed by atoms with Crippen LogP contribution >= 0.6 is 0 Å². The minimum Gasteiger partial charge on any atom is -0.497 e. The summed E-state index contributed by atoms with van der Waals surface area (Å²) in [5, 5.41) is 27.8. The van der Waals surface area contributed by atoms with E-state index in [2.05, 4.69) is 12.1 Å². The van der Waals surface area contributed by atoms with Crippen molar-refractivity contribution in [3.8, 4) is 40.1 Å². The summed E-state index contributed by atoms with van der Waals surface area (Å²) < 4.78 is 5.24. The number of hydrogen-bond donors (Lipinski definition) is 1. The Labute approximate surface area is 168 Å². The highest BCUT2D eigenvalue weighted by Crippen LogP contribution is 2.33. The largest absolute Gasteiger partial charge is 0.497 e. The van der Waals surface area contributed by atoms with Crippen LogP contribution in [0.4, 0.5) is 0 Å². The number of aliphatic carboxylic acids is 1. The van der Waals surface area contributed by atoms with Crippen LogP contribution in [0.3, 0.4) is 0 Å². The molecule has 0 aliphatic rings. The van der Waals surface area contributed by atoms with Crippen LogP contribution in [-0.4, -0.2) is 18.2 Å². The Hall–Kier alpha value is -4.35. The minimum absolute atomic E-state index is 0.460. The second kappa shape index (κ2) is 8.56. The molecule has 3 aromatic carbocycles. The molecular weight excluding hydrogens is 364 g/mol. The summed E-state index contributed by atoms with van der Waals surface area (Å²) in [7, 11) is 1.54. The van der Waals surface area contributed by atoms with Gasteiger partial charge in [0.2, 0.25) is 0 Å². The molecule has 0 amide bonds. The molecule has 0 saturated heterocycles. The molecule has 0 spiro atoms. The molecule has 3 aromatic rings. The average molecular weight is 380 g/mol. The van der Waals surface area contributed by atoms with Crippen molar-refractivity contribution in [2.45, 2.75) is 0 Å². The number of hydrogen-bond acceptors (Lipinski definition) is 4. The molecule has 0 aliphatic carbocycles. The molecule has 1 N–H and O–H groups in total. The van der Waals surface area contributed by atoms with E-state index in [0.29, 0.717) is 22.4 Å². The zero-order chi connectivity index (χ0) is 20.8. The van der Waals surface area contributed by atoms with E-state index >= 15 is 0 Å². The Bertz CT molecular complexity index is 1200. The van der Waals surface area contributed by atoms with Crippen LogP contribution in [0.5, 0.6) is 5.75 Å². The van der Waals surface area contributed by atoms with Crippen molar-refractivity contribution in [1.29, 1.82) is 10.5 Å². The molecule has 0 bridgehead atoms. The maximum atomic E-state index is 10.9. The smallest absolute Gasteiger partial charge is 0.328 e. The van der Waals surface area contributed by atoms with Crippen LogP contribution in [0, 0.1) is 22.7 Å². The van der Waals surface area contributed by atoms with Gasteiger partial charge >= 0.3 is 5.97 Å². The first-order valence-electron chi connectivity index (χ1n) is 8.70. The molecule has 3 rings (SSSR count). The zero-order valence-electron chi connectivity index (χ0n) is 15.6. The molecule has 0 saturated carbocycles. The second-order valence-electron chi connectivity index (χ2n) is 6.19. The van der Waals surface area contributed by atoms with Crippen LogP contribution < -0.4 is 4.74 Å². The van der Waals surface area contributed by atoms with Crippen molar-refractivity contribution < 1.29 is 14.6 Å². The molecule has 140 valence electrons. The number of methoxy groups -OCH3 is 1. The zero-order valence-corrected chi connectivity index (χ0v) is 15.6. The highest BCUT2D eigenvalue weighted by Gasteiger charge is 2.11. The van der Waals surface area contributed by atoms with Crippen LogP contribution in [0.15, 0.2) is 66.7 Å². The van der Waals surface area contributed by atoms with E-state index in [1.165, 1.54) is 13.2 Å². The van der Waals surface area contributed by atoms with Crippen LogP contribution in [0.1, 0.15) is 16.7 Å². The number of rotatable bonds is 5. The maximum absolute atomic E-state index is 10.9. The standard InChI is InChI=1S/C24H16N2O3/c1-29-21-7-9-22(19(13-21)6-10-24(27)28)18-5-8-23(20(12-18)15-26)17-4-2-3-16(11-17)14-25/h2-13H,1H3,(H,27,28)/b10-6+. The minimum atomic E-state index is -1.05. The van der Waals surface area contributed by atoms with Gasteiger partial charge in [0, 0.05) is 6.08 Å². The SMILES string of the molecule is COc1ccc(-c2ccc(-c3cccc(C#N)c3)c(C#N)c2)c(/C=C/C(=O)O)c1. The quantitative estimate of drug-likeness (QED) is 0.637. The summed E-state index contributed by atoms with van der Waals surface area (Å²) >= 11 is 0. The summed E-state index contributed by atoms with van der Waals surface area (Å²) in [4.78, 5) is 10.9. The van der Waals surface area contributed by atoms with Crippen LogP contribution in [0.25, 0.3) is 28.3 Å². The molecule has 0 atom stereocenters. The normalized spacial score (nSPS) is 10.3. The molecular formula is C24H16N2O3. The summed E-state index contributed by atoms with van der Waals surface area (Å²) in [5.41, 5.74) is 4.70. The van der Waals surface area contributed by atoms with Gasteiger partial charge in [0.05, 0.1) is 30.4 Å². The summed E-state index contributed by atoms with van der Waals surface area (Å²) in [6, 6.07) is 22.2. The summed E-state index contributed by atoms with van der Waals surface area (Å²) in [6.45, 7) is 0. The lowest BCUT2D eigenvalue weighted by Gasteiger charge is -2.12. The van der Waals surface area contributed by atoms with Crippen LogP contribution in [0.2, 0.25) is 0 Å². The van der Waals surface area contributed by atoms with E-state index in [1.54, 1.807) is 36.4 Å².